The number of hydrazine groups is 1. The molecule has 2 rings (SSSR count). The van der Waals surface area contributed by atoms with Crippen LogP contribution in [0.25, 0.3) is 0 Å². The average molecular weight is 254 g/mol. The first-order valence-electron chi connectivity index (χ1n) is 4.89. The van der Waals surface area contributed by atoms with Gasteiger partial charge in [-0.25, -0.2) is 4.98 Å². The Morgan fingerprint density at radius 1 is 1.38 bits per heavy atom. The largest absolute Gasteiger partial charge is 0.271 e. The van der Waals surface area contributed by atoms with Crippen LogP contribution in [-0.4, -0.2) is 4.98 Å². The lowest BCUT2D eigenvalue weighted by Crippen LogP contribution is -2.29. The van der Waals surface area contributed by atoms with E-state index in [2.05, 4.69) is 10.4 Å². The van der Waals surface area contributed by atoms with Crippen LogP contribution in [0.15, 0.2) is 35.8 Å². The van der Waals surface area contributed by atoms with Crippen molar-refractivity contribution in [2.75, 3.05) is 0 Å². The van der Waals surface area contributed by atoms with Crippen LogP contribution in [0.2, 0.25) is 5.02 Å². The molecule has 0 saturated carbocycles. The molecule has 0 radical (unpaired) electrons. The third kappa shape index (κ3) is 2.80. The average Bonchev–Trinajstić information content (AvgIpc) is 2.80. The molecule has 0 amide bonds. The van der Waals surface area contributed by atoms with Crippen LogP contribution < -0.4 is 11.3 Å². The van der Waals surface area contributed by atoms with E-state index in [0.717, 1.165) is 22.0 Å². The molecule has 1 aromatic heterocycles. The van der Waals surface area contributed by atoms with E-state index < -0.39 is 0 Å². The minimum atomic E-state index is 0.0726. The van der Waals surface area contributed by atoms with Crippen LogP contribution in [0.3, 0.4) is 0 Å². The maximum Gasteiger partial charge on any atom is 0.0944 e. The molecule has 0 saturated heterocycles. The lowest BCUT2D eigenvalue weighted by atomic mass is 10.1. The highest BCUT2D eigenvalue weighted by Gasteiger charge is 2.11. The number of nitrogens with one attached hydrogen (secondary N) is 1. The summed E-state index contributed by atoms with van der Waals surface area (Å²) in [5.41, 5.74) is 3.91. The van der Waals surface area contributed by atoms with Gasteiger partial charge in [0.2, 0.25) is 0 Å². The van der Waals surface area contributed by atoms with E-state index in [4.69, 9.17) is 17.4 Å². The zero-order valence-corrected chi connectivity index (χ0v) is 10.1. The third-order valence-electron chi connectivity index (χ3n) is 2.34. The van der Waals surface area contributed by atoms with E-state index in [9.17, 15) is 0 Å². The van der Waals surface area contributed by atoms with Gasteiger partial charge >= 0.3 is 0 Å². The molecular weight excluding hydrogens is 242 g/mol. The molecule has 0 aliphatic carbocycles. The molecule has 5 heteroatoms. The van der Waals surface area contributed by atoms with Gasteiger partial charge in [0.1, 0.15) is 0 Å². The molecule has 0 aliphatic heterocycles. The predicted octanol–water partition coefficient (Wildman–Crippen LogP) is 2.54. The Balaban J connectivity index is 2.13. The molecule has 16 heavy (non-hydrogen) atoms. The van der Waals surface area contributed by atoms with Gasteiger partial charge in [0, 0.05) is 23.0 Å². The monoisotopic (exact) mass is 253 g/mol. The van der Waals surface area contributed by atoms with E-state index in [1.807, 2.05) is 29.6 Å². The Hall–Kier alpha value is -0.940. The van der Waals surface area contributed by atoms with E-state index in [1.54, 1.807) is 17.5 Å². The lowest BCUT2D eigenvalue weighted by Gasteiger charge is -2.14. The van der Waals surface area contributed by atoms with Crippen molar-refractivity contribution in [2.24, 2.45) is 5.84 Å². The summed E-state index contributed by atoms with van der Waals surface area (Å²) in [4.78, 5) is 4.24. The van der Waals surface area contributed by atoms with Crippen LogP contribution in [-0.2, 0) is 6.42 Å². The molecule has 0 aliphatic rings. The lowest BCUT2D eigenvalue weighted by molar-refractivity contribution is 0.551. The Labute approximate surface area is 103 Å². The second-order valence-corrected chi connectivity index (χ2v) is 4.82. The van der Waals surface area contributed by atoms with Gasteiger partial charge < -0.3 is 0 Å². The smallest absolute Gasteiger partial charge is 0.0944 e. The molecule has 3 N–H and O–H groups in total. The van der Waals surface area contributed by atoms with Crippen molar-refractivity contribution in [3.8, 4) is 0 Å². The molecule has 84 valence electrons. The van der Waals surface area contributed by atoms with Crippen molar-refractivity contribution in [3.63, 3.8) is 0 Å². The van der Waals surface area contributed by atoms with Gasteiger partial charge in [-0.15, -0.1) is 11.3 Å². The highest BCUT2D eigenvalue weighted by molar-refractivity contribution is 7.09. The van der Waals surface area contributed by atoms with Gasteiger partial charge in [-0.05, 0) is 17.7 Å². The topological polar surface area (TPSA) is 50.9 Å². The van der Waals surface area contributed by atoms with E-state index in [1.165, 1.54) is 0 Å². The number of hydrogen-bond donors (Lipinski definition) is 2. The summed E-state index contributed by atoms with van der Waals surface area (Å²) in [5, 5.41) is 3.76. The number of halogens is 1. The third-order valence-corrected chi connectivity index (χ3v) is 3.39. The quantitative estimate of drug-likeness (QED) is 0.650. The highest BCUT2D eigenvalue weighted by atomic mass is 35.5. The molecular formula is C11H12ClN3S. The van der Waals surface area contributed by atoms with Crippen molar-refractivity contribution < 1.29 is 0 Å². The first-order chi connectivity index (χ1) is 7.79. The van der Waals surface area contributed by atoms with Crippen LogP contribution in [0.5, 0.6) is 0 Å². The van der Waals surface area contributed by atoms with E-state index in [0.29, 0.717) is 0 Å². The number of hydrogen-bond acceptors (Lipinski definition) is 4. The Morgan fingerprint density at radius 2 is 2.12 bits per heavy atom. The van der Waals surface area contributed by atoms with Crippen molar-refractivity contribution in [1.29, 1.82) is 0 Å². The van der Waals surface area contributed by atoms with Gasteiger partial charge in [0.05, 0.1) is 11.0 Å². The SMILES string of the molecule is NNC(Cc1nccs1)c1ccc(Cl)cc1. The van der Waals surface area contributed by atoms with Crippen LogP contribution in [0.4, 0.5) is 0 Å². The zero-order valence-electron chi connectivity index (χ0n) is 8.56. The minimum absolute atomic E-state index is 0.0726. The van der Waals surface area contributed by atoms with E-state index >= 15 is 0 Å². The van der Waals surface area contributed by atoms with Crippen LogP contribution in [0, 0.1) is 0 Å². The first kappa shape index (κ1) is 11.5. The fraction of sp³-hybridized carbons (Fsp3) is 0.182. The van der Waals surface area contributed by atoms with Gasteiger partial charge in [0.25, 0.3) is 0 Å². The second-order valence-electron chi connectivity index (χ2n) is 3.40. The van der Waals surface area contributed by atoms with E-state index in [-0.39, 0.29) is 6.04 Å². The van der Waals surface area contributed by atoms with Crippen molar-refractivity contribution in [2.45, 2.75) is 12.5 Å². The molecule has 1 atom stereocenters. The number of nitrogens with two attached hydrogens (primary N) is 1. The van der Waals surface area contributed by atoms with Crippen molar-refractivity contribution in [1.82, 2.24) is 10.4 Å². The number of rotatable bonds is 4. The number of aromatic nitrogens is 1. The summed E-state index contributed by atoms with van der Waals surface area (Å²) in [6.45, 7) is 0. The highest BCUT2D eigenvalue weighted by Crippen LogP contribution is 2.20. The first-order valence-corrected chi connectivity index (χ1v) is 6.15. The van der Waals surface area contributed by atoms with Gasteiger partial charge in [-0.1, -0.05) is 23.7 Å². The number of thiazole rings is 1. The van der Waals surface area contributed by atoms with Crippen LogP contribution >= 0.6 is 22.9 Å². The molecule has 0 bridgehead atoms. The normalized spacial score (nSPS) is 12.6. The summed E-state index contributed by atoms with van der Waals surface area (Å²) in [6, 6.07) is 7.75. The molecule has 3 nitrogen and oxygen atoms in total. The predicted molar refractivity (Wildman–Crippen MR) is 67.3 cm³/mol. The standard InChI is InChI=1S/C11H12ClN3S/c12-9-3-1-8(2-4-9)10(15-13)7-11-14-5-6-16-11/h1-6,10,15H,7,13H2. The molecule has 2 aromatic rings. The van der Waals surface area contributed by atoms with Crippen LogP contribution in [0.1, 0.15) is 16.6 Å². The van der Waals surface area contributed by atoms with Gasteiger partial charge in [0.15, 0.2) is 0 Å². The van der Waals surface area contributed by atoms with Gasteiger partial charge in [-0.3, -0.25) is 11.3 Å². The maximum atomic E-state index is 5.84. The fourth-order valence-corrected chi connectivity index (χ4v) is 2.29. The van der Waals surface area contributed by atoms with Crippen molar-refractivity contribution >= 4 is 22.9 Å². The summed E-state index contributed by atoms with van der Waals surface area (Å²) < 4.78 is 0. The molecule has 0 spiro atoms. The maximum absolute atomic E-state index is 5.84. The number of benzene rings is 1. The zero-order chi connectivity index (χ0) is 11.4. The molecule has 1 aromatic carbocycles. The van der Waals surface area contributed by atoms with Gasteiger partial charge in [-0.2, -0.15) is 0 Å². The molecule has 0 fully saturated rings. The van der Waals surface area contributed by atoms with Crippen molar-refractivity contribution in [3.05, 3.63) is 51.4 Å². The second kappa shape index (κ2) is 5.41. The summed E-state index contributed by atoms with van der Waals surface area (Å²) >= 11 is 7.47. The fourth-order valence-electron chi connectivity index (χ4n) is 1.50. The molecule has 1 heterocycles. The minimum Gasteiger partial charge on any atom is -0.271 e. The Kier molecular flexibility index (Phi) is 3.90. The summed E-state index contributed by atoms with van der Waals surface area (Å²) in [5.74, 6) is 5.55. The Bertz CT molecular complexity index is 427. The number of nitrogens with zero attached hydrogens (tertiary/aromatic N) is 1. The molecule has 1 unspecified atom stereocenters. The Morgan fingerprint density at radius 3 is 2.69 bits per heavy atom. The summed E-state index contributed by atoms with van der Waals surface area (Å²) in [6.07, 6.45) is 2.59. The summed E-state index contributed by atoms with van der Waals surface area (Å²) in [7, 11) is 0.